The van der Waals surface area contributed by atoms with E-state index >= 15 is 0 Å². The fourth-order valence-electron chi connectivity index (χ4n) is 2.96. The highest BCUT2D eigenvalue weighted by Crippen LogP contribution is 2.45. The van der Waals surface area contributed by atoms with Gasteiger partial charge in [0.05, 0.1) is 28.7 Å². The normalized spacial score (nSPS) is 18.8. The van der Waals surface area contributed by atoms with Gasteiger partial charge in [-0.05, 0) is 44.7 Å². The van der Waals surface area contributed by atoms with Gasteiger partial charge in [0.1, 0.15) is 6.29 Å². The summed E-state index contributed by atoms with van der Waals surface area (Å²) >= 11 is 0. The van der Waals surface area contributed by atoms with Gasteiger partial charge in [0.2, 0.25) is 0 Å². The summed E-state index contributed by atoms with van der Waals surface area (Å²) in [5.41, 5.74) is 5.07. The van der Waals surface area contributed by atoms with Crippen LogP contribution in [0.4, 0.5) is 30.2 Å². The third-order valence-electron chi connectivity index (χ3n) is 4.56. The monoisotopic (exact) mass is 409 g/mol. The smallest absolute Gasteiger partial charge is 0.397 e. The first kappa shape index (κ1) is 21.9. The van der Waals surface area contributed by atoms with Crippen LogP contribution in [0.1, 0.15) is 45.1 Å². The van der Waals surface area contributed by atoms with Crippen molar-refractivity contribution in [2.75, 3.05) is 35.3 Å². The van der Waals surface area contributed by atoms with Crippen LogP contribution in [0.2, 0.25) is 0 Å². The van der Waals surface area contributed by atoms with Crippen molar-refractivity contribution >= 4 is 24.7 Å². The maximum absolute atomic E-state index is 13.5. The number of rotatable bonds is 7. The molecule has 0 aromatic heterocycles. The van der Waals surface area contributed by atoms with Gasteiger partial charge in [-0.3, -0.25) is 4.57 Å². The van der Waals surface area contributed by atoms with Crippen LogP contribution in [-0.4, -0.2) is 30.4 Å². The van der Waals surface area contributed by atoms with E-state index in [1.807, 2.05) is 6.92 Å². The number of hydrogen-bond donors (Lipinski definition) is 3. The van der Waals surface area contributed by atoms with Gasteiger partial charge in [0, 0.05) is 13.1 Å². The number of anilines is 3. The highest BCUT2D eigenvalue weighted by Gasteiger charge is 2.36. The number of nitrogens with one attached hydrogen (secondary N) is 1. The molecule has 0 amide bonds. The molecule has 10 heteroatoms. The van der Waals surface area contributed by atoms with E-state index < -0.39 is 31.7 Å². The molecule has 1 saturated heterocycles. The Morgan fingerprint density at radius 2 is 1.96 bits per heavy atom. The highest BCUT2D eigenvalue weighted by atomic mass is 31.2. The van der Waals surface area contributed by atoms with E-state index in [2.05, 4.69) is 5.32 Å². The third-order valence-corrected chi connectivity index (χ3v) is 5.81. The Hall–Kier alpha value is -1.44. The number of alkyl halides is 3. The Labute approximate surface area is 157 Å². The highest BCUT2D eigenvalue weighted by molar-refractivity contribution is 7.52. The second-order valence-corrected chi connectivity index (χ2v) is 8.60. The van der Waals surface area contributed by atoms with E-state index in [1.54, 1.807) is 11.8 Å². The molecule has 2 rings (SSSR count). The van der Waals surface area contributed by atoms with Gasteiger partial charge in [0.25, 0.3) is 0 Å². The van der Waals surface area contributed by atoms with Crippen molar-refractivity contribution in [2.45, 2.75) is 51.8 Å². The van der Waals surface area contributed by atoms with Gasteiger partial charge in [-0.2, -0.15) is 13.2 Å². The van der Waals surface area contributed by atoms with Gasteiger partial charge in [-0.15, -0.1) is 0 Å². The predicted octanol–water partition coefficient (Wildman–Crippen LogP) is 4.65. The molecular weight excluding hydrogens is 382 g/mol. The molecule has 1 aliphatic rings. The maximum atomic E-state index is 13.5. The Morgan fingerprint density at radius 1 is 1.33 bits per heavy atom. The molecule has 0 aliphatic carbocycles. The minimum atomic E-state index is -4.54. The number of piperidine rings is 1. The number of hydrogen-bond acceptors (Lipinski definition) is 5. The zero-order valence-corrected chi connectivity index (χ0v) is 16.4. The topological polar surface area (TPSA) is 87.8 Å². The summed E-state index contributed by atoms with van der Waals surface area (Å²) in [6.07, 6.45) is -2.20. The fraction of sp³-hybridized carbons (Fsp3) is 0.647. The quantitative estimate of drug-likeness (QED) is 0.449. The Morgan fingerprint density at radius 3 is 2.52 bits per heavy atom. The molecule has 0 saturated carbocycles. The molecule has 0 bridgehead atoms. The number of halogens is 3. The second kappa shape index (κ2) is 8.71. The van der Waals surface area contributed by atoms with Crippen molar-refractivity contribution in [3.8, 4) is 0 Å². The van der Waals surface area contributed by atoms with E-state index in [0.717, 1.165) is 25.3 Å². The second-order valence-electron chi connectivity index (χ2n) is 6.80. The molecule has 1 aliphatic heterocycles. The molecule has 6 nitrogen and oxygen atoms in total. The van der Waals surface area contributed by atoms with Gasteiger partial charge < -0.3 is 25.4 Å². The summed E-state index contributed by atoms with van der Waals surface area (Å²) in [5.74, 6) is 0. The van der Waals surface area contributed by atoms with Crippen molar-refractivity contribution in [1.82, 2.24) is 0 Å². The van der Waals surface area contributed by atoms with Crippen LogP contribution in [0.5, 0.6) is 0 Å². The zero-order chi connectivity index (χ0) is 20.2. The summed E-state index contributed by atoms with van der Waals surface area (Å²) < 4.78 is 57.6. The predicted molar refractivity (Wildman–Crippen MR) is 101 cm³/mol. The van der Waals surface area contributed by atoms with E-state index in [1.165, 1.54) is 6.07 Å². The Kier molecular flexibility index (Phi) is 7.05. The SMILES string of the molecule is CCC(C)OP(=O)(O)CNc1cc(N2CCCCC2)c(C(F)(F)F)cc1N. The lowest BCUT2D eigenvalue weighted by Crippen LogP contribution is -2.31. The number of nitrogens with two attached hydrogens (primary N) is 1. The van der Waals surface area contributed by atoms with Crippen molar-refractivity contribution in [2.24, 2.45) is 0 Å². The molecule has 0 radical (unpaired) electrons. The first-order valence-electron chi connectivity index (χ1n) is 9.03. The lowest BCUT2D eigenvalue weighted by molar-refractivity contribution is -0.137. The van der Waals surface area contributed by atoms with Crippen molar-refractivity contribution in [3.63, 3.8) is 0 Å². The number of benzene rings is 1. The summed E-state index contributed by atoms with van der Waals surface area (Å²) in [7, 11) is -3.94. The molecule has 0 spiro atoms. The lowest BCUT2D eigenvalue weighted by Gasteiger charge is -2.32. The molecule has 2 unspecified atom stereocenters. The summed E-state index contributed by atoms with van der Waals surface area (Å²) in [4.78, 5) is 11.6. The minimum absolute atomic E-state index is 0.0366. The van der Waals surface area contributed by atoms with Crippen molar-refractivity contribution in [3.05, 3.63) is 17.7 Å². The fourth-order valence-corrected chi connectivity index (χ4v) is 4.12. The molecule has 1 aromatic carbocycles. The van der Waals surface area contributed by atoms with E-state index in [9.17, 15) is 22.6 Å². The van der Waals surface area contributed by atoms with E-state index in [4.69, 9.17) is 10.3 Å². The van der Waals surface area contributed by atoms with Gasteiger partial charge in [-0.1, -0.05) is 6.92 Å². The molecule has 2 atom stereocenters. The van der Waals surface area contributed by atoms with Crippen LogP contribution < -0.4 is 16.0 Å². The number of nitrogens with zero attached hydrogens (tertiary/aromatic N) is 1. The summed E-state index contributed by atoms with van der Waals surface area (Å²) in [5, 5.41) is 2.68. The zero-order valence-electron chi connectivity index (χ0n) is 15.6. The molecule has 1 heterocycles. The van der Waals surface area contributed by atoms with Crippen LogP contribution in [0.3, 0.4) is 0 Å². The first-order valence-corrected chi connectivity index (χ1v) is 10.8. The molecule has 1 aromatic rings. The van der Waals surface area contributed by atoms with E-state index in [-0.39, 0.29) is 17.1 Å². The van der Waals surface area contributed by atoms with Gasteiger partial charge in [0.15, 0.2) is 0 Å². The number of nitrogen functional groups attached to an aromatic ring is 1. The molecular formula is C17H27F3N3O3P. The average Bonchev–Trinajstić information content (AvgIpc) is 2.60. The first-order chi connectivity index (χ1) is 12.5. The van der Waals surface area contributed by atoms with Crippen LogP contribution in [-0.2, 0) is 15.3 Å². The molecule has 27 heavy (non-hydrogen) atoms. The largest absolute Gasteiger partial charge is 0.418 e. The minimum Gasteiger partial charge on any atom is -0.397 e. The summed E-state index contributed by atoms with van der Waals surface area (Å²) in [6.45, 7) is 4.55. The van der Waals surface area contributed by atoms with Crippen LogP contribution in [0, 0.1) is 0 Å². The van der Waals surface area contributed by atoms with Gasteiger partial charge in [-0.25, -0.2) is 0 Å². The Bertz CT molecular complexity index is 694. The third kappa shape index (κ3) is 6.02. The van der Waals surface area contributed by atoms with Crippen molar-refractivity contribution < 1.29 is 27.2 Å². The standard InChI is InChI=1S/C17H27F3N3O3P/c1-3-12(2)26-27(24,25)11-22-15-10-16(23-7-5-4-6-8-23)13(9-14(15)21)17(18,19)20/h9-10,12,22H,3-8,11,21H2,1-2H3,(H,24,25). The van der Waals surface area contributed by atoms with Crippen molar-refractivity contribution in [1.29, 1.82) is 0 Å². The molecule has 154 valence electrons. The van der Waals surface area contributed by atoms with Crippen LogP contribution in [0.25, 0.3) is 0 Å². The van der Waals surface area contributed by atoms with Crippen LogP contribution in [0.15, 0.2) is 12.1 Å². The van der Waals surface area contributed by atoms with E-state index in [0.29, 0.717) is 19.5 Å². The molecule has 1 fully saturated rings. The lowest BCUT2D eigenvalue weighted by atomic mass is 10.0. The molecule has 4 N–H and O–H groups in total. The van der Waals surface area contributed by atoms with Gasteiger partial charge >= 0.3 is 13.8 Å². The maximum Gasteiger partial charge on any atom is 0.418 e. The average molecular weight is 409 g/mol. The van der Waals surface area contributed by atoms with Crippen LogP contribution >= 0.6 is 7.60 Å². The Balaban J connectivity index is 2.28. The summed E-state index contributed by atoms with van der Waals surface area (Å²) in [6, 6.07) is 2.19.